The lowest BCUT2D eigenvalue weighted by molar-refractivity contribution is -0.689. The Morgan fingerprint density at radius 1 is 1.38 bits per heavy atom. The standard InChI is InChI=1S/C20H20N8O6S3/c1-35-8-34-25-11(15-24-20(22)37-26-15)16(30)23-12-17(31)28-13(19(32)33)10(7-36-18(12)28)6-27-4-2-9(3-5-27)14(21)29/h2-5,12,18H,6-8H2,1H3,(H5-,21,22,23,24,26,29,30,32,33)/t12?,18-/m0/s1. The summed E-state index contributed by atoms with van der Waals surface area (Å²) in [5.74, 6) is -3.12. The summed E-state index contributed by atoms with van der Waals surface area (Å²) >= 11 is 3.48. The maximum Gasteiger partial charge on any atom is 0.278 e. The van der Waals surface area contributed by atoms with Crippen LogP contribution in [-0.2, 0) is 25.8 Å². The molecule has 0 saturated carbocycles. The summed E-state index contributed by atoms with van der Waals surface area (Å²) in [4.78, 5) is 59.4. The van der Waals surface area contributed by atoms with E-state index in [1.54, 1.807) is 23.2 Å². The van der Waals surface area contributed by atoms with Crippen molar-refractivity contribution >= 4 is 69.6 Å². The van der Waals surface area contributed by atoms with Crippen molar-refractivity contribution in [1.29, 1.82) is 0 Å². The summed E-state index contributed by atoms with van der Waals surface area (Å²) < 4.78 is 5.62. The van der Waals surface area contributed by atoms with Gasteiger partial charge in [0.25, 0.3) is 11.8 Å². The molecule has 2 aliphatic rings. The Hall–Kier alpha value is -3.70. The number of nitrogens with one attached hydrogen (secondary N) is 1. The van der Waals surface area contributed by atoms with E-state index in [4.69, 9.17) is 16.3 Å². The molecular formula is C20H20N8O6S3. The number of nitrogens with two attached hydrogens (primary N) is 2. The highest BCUT2D eigenvalue weighted by atomic mass is 32.2. The highest BCUT2D eigenvalue weighted by Gasteiger charge is 2.53. The summed E-state index contributed by atoms with van der Waals surface area (Å²) in [6, 6.07) is 2.00. The van der Waals surface area contributed by atoms with Crippen molar-refractivity contribution in [3.05, 3.63) is 47.2 Å². The van der Waals surface area contributed by atoms with Crippen LogP contribution in [0.4, 0.5) is 5.13 Å². The average Bonchev–Trinajstić information content (AvgIpc) is 3.30. The molecule has 2 aromatic rings. The van der Waals surface area contributed by atoms with Crippen LogP contribution in [0.5, 0.6) is 0 Å². The third-order valence-corrected chi connectivity index (χ3v) is 7.49. The second-order valence-electron chi connectivity index (χ2n) is 7.66. The van der Waals surface area contributed by atoms with Gasteiger partial charge in [0.1, 0.15) is 11.4 Å². The van der Waals surface area contributed by atoms with Gasteiger partial charge in [-0.2, -0.15) is 9.36 Å². The van der Waals surface area contributed by atoms with Crippen molar-refractivity contribution in [1.82, 2.24) is 19.6 Å². The Bertz CT molecular complexity index is 1310. The fraction of sp³-hybridized carbons (Fsp3) is 0.300. The number of fused-ring (bicyclic) bond motifs is 1. The number of hydrogen-bond acceptors (Lipinski definition) is 13. The zero-order chi connectivity index (χ0) is 26.7. The Labute approximate surface area is 222 Å². The summed E-state index contributed by atoms with van der Waals surface area (Å²) in [7, 11) is 0. The lowest BCUT2D eigenvalue weighted by Crippen LogP contribution is -2.71. The summed E-state index contributed by atoms with van der Waals surface area (Å²) in [6.07, 6.45) is 4.94. The SMILES string of the molecule is CSCON=C(C(=O)NC1C(=O)N2C(C(=O)[O-])=C(C[n+]3ccc(C(N)=O)cc3)CS[C@@H]12)c1nsc(N)n1. The first-order chi connectivity index (χ1) is 17.7. The minimum absolute atomic E-state index is 0.0574. The van der Waals surface area contributed by atoms with E-state index >= 15 is 0 Å². The number of hydrogen-bond donors (Lipinski definition) is 3. The number of nitrogen functional groups attached to an aromatic ring is 1. The number of oxime groups is 1. The van der Waals surface area contributed by atoms with Crippen molar-refractivity contribution in [2.75, 3.05) is 23.7 Å². The molecule has 3 amide bonds. The fourth-order valence-corrected chi connectivity index (χ4v) is 5.54. The number of carboxylic acid groups (broad SMARTS) is 1. The van der Waals surface area contributed by atoms with Gasteiger partial charge in [0, 0.05) is 35.0 Å². The van der Waals surface area contributed by atoms with Gasteiger partial charge in [-0.05, 0) is 6.26 Å². The van der Waals surface area contributed by atoms with Crippen LogP contribution in [0.2, 0.25) is 0 Å². The Morgan fingerprint density at radius 2 is 2.11 bits per heavy atom. The number of nitrogens with zero attached hydrogens (tertiary/aromatic N) is 5. The third kappa shape index (κ3) is 5.52. The Kier molecular flexibility index (Phi) is 7.94. The number of carboxylic acids is 1. The van der Waals surface area contributed by atoms with E-state index in [1.807, 2.05) is 0 Å². The minimum Gasteiger partial charge on any atom is -0.543 e. The Balaban J connectivity index is 1.51. The maximum absolute atomic E-state index is 13.0. The first-order valence-corrected chi connectivity index (χ1v) is 13.7. The number of anilines is 1. The monoisotopic (exact) mass is 564 g/mol. The van der Waals surface area contributed by atoms with E-state index in [2.05, 4.69) is 19.8 Å². The third-order valence-electron chi connectivity index (χ3n) is 5.27. The molecule has 0 spiro atoms. The molecule has 4 rings (SSSR count). The van der Waals surface area contributed by atoms with Crippen LogP contribution in [0.25, 0.3) is 0 Å². The van der Waals surface area contributed by atoms with Gasteiger partial charge in [-0.25, -0.2) is 4.57 Å². The number of carbonyl (C=O) groups excluding carboxylic acids is 4. The van der Waals surface area contributed by atoms with Gasteiger partial charge in [-0.15, -0.1) is 23.5 Å². The second kappa shape index (κ2) is 11.1. The van der Waals surface area contributed by atoms with E-state index < -0.39 is 35.1 Å². The average molecular weight is 565 g/mol. The Morgan fingerprint density at radius 3 is 2.70 bits per heavy atom. The van der Waals surface area contributed by atoms with Gasteiger partial charge in [0.15, 0.2) is 30.0 Å². The van der Waals surface area contributed by atoms with Crippen LogP contribution in [-0.4, -0.2) is 73.0 Å². The fourth-order valence-electron chi connectivity index (χ4n) is 3.61. The summed E-state index contributed by atoms with van der Waals surface area (Å²) in [5.41, 5.74) is 11.1. The minimum atomic E-state index is -1.51. The smallest absolute Gasteiger partial charge is 0.278 e. The number of primary amides is 1. The molecule has 0 aromatic carbocycles. The predicted molar refractivity (Wildman–Crippen MR) is 133 cm³/mol. The highest BCUT2D eigenvalue weighted by Crippen LogP contribution is 2.40. The number of carbonyl (C=O) groups is 4. The number of thioether (sulfide) groups is 2. The molecule has 0 aliphatic carbocycles. The normalized spacial score (nSPS) is 19.2. The molecule has 2 aromatic heterocycles. The molecule has 1 fully saturated rings. The lowest BCUT2D eigenvalue weighted by Gasteiger charge is -2.50. The number of β-lactam (4-membered cyclic amide) rings is 1. The van der Waals surface area contributed by atoms with Crippen LogP contribution in [0.3, 0.4) is 0 Å². The van der Waals surface area contributed by atoms with Crippen molar-refractivity contribution in [3.63, 3.8) is 0 Å². The molecule has 17 heteroatoms. The number of pyridine rings is 1. The van der Waals surface area contributed by atoms with Crippen LogP contribution >= 0.6 is 35.1 Å². The van der Waals surface area contributed by atoms with Crippen LogP contribution in [0.1, 0.15) is 16.2 Å². The van der Waals surface area contributed by atoms with E-state index in [0.29, 0.717) is 11.1 Å². The second-order valence-corrected chi connectivity index (χ2v) is 10.4. The van der Waals surface area contributed by atoms with Crippen LogP contribution in [0, 0.1) is 0 Å². The van der Waals surface area contributed by atoms with Gasteiger partial charge in [0.2, 0.25) is 17.4 Å². The quantitative estimate of drug-likeness (QED) is 0.0694. The van der Waals surface area contributed by atoms with Gasteiger partial charge < -0.3 is 31.5 Å². The van der Waals surface area contributed by atoms with Crippen LogP contribution in [0.15, 0.2) is 41.0 Å². The molecule has 1 unspecified atom stereocenters. The van der Waals surface area contributed by atoms with Gasteiger partial charge in [0.05, 0.1) is 17.2 Å². The van der Waals surface area contributed by atoms with Crippen LogP contribution < -0.4 is 26.5 Å². The molecule has 1 saturated heterocycles. The number of amides is 3. The first kappa shape index (κ1) is 26.4. The van der Waals surface area contributed by atoms with Crippen molar-refractivity contribution < 1.29 is 33.7 Å². The summed E-state index contributed by atoms with van der Waals surface area (Å²) in [6.45, 7) is 0.142. The number of aliphatic carboxylic acids is 1. The molecule has 5 N–H and O–H groups in total. The molecule has 14 nitrogen and oxygen atoms in total. The summed E-state index contributed by atoms with van der Waals surface area (Å²) in [5, 5.41) is 17.8. The van der Waals surface area contributed by atoms with E-state index in [1.165, 1.54) is 35.7 Å². The molecule has 0 bridgehead atoms. The molecule has 194 valence electrons. The maximum atomic E-state index is 13.0. The highest BCUT2D eigenvalue weighted by molar-refractivity contribution is 8.00. The van der Waals surface area contributed by atoms with Crippen molar-refractivity contribution in [2.45, 2.75) is 18.0 Å². The topological polar surface area (TPSA) is 210 Å². The zero-order valence-electron chi connectivity index (χ0n) is 19.2. The van der Waals surface area contributed by atoms with Gasteiger partial charge >= 0.3 is 0 Å². The zero-order valence-corrected chi connectivity index (χ0v) is 21.6. The van der Waals surface area contributed by atoms with E-state index in [9.17, 15) is 24.3 Å². The number of rotatable bonds is 10. The van der Waals surface area contributed by atoms with Crippen molar-refractivity contribution in [3.8, 4) is 0 Å². The molecular weight excluding hydrogens is 544 g/mol. The first-order valence-electron chi connectivity index (χ1n) is 10.5. The molecule has 2 aliphatic heterocycles. The number of aromatic nitrogens is 3. The molecule has 2 atom stereocenters. The lowest BCUT2D eigenvalue weighted by atomic mass is 10.0. The molecule has 4 heterocycles. The van der Waals surface area contributed by atoms with Gasteiger partial charge in [-0.1, -0.05) is 5.16 Å². The van der Waals surface area contributed by atoms with Gasteiger partial charge in [-0.3, -0.25) is 19.3 Å². The molecule has 0 radical (unpaired) electrons. The van der Waals surface area contributed by atoms with Crippen molar-refractivity contribution in [2.24, 2.45) is 10.9 Å². The van der Waals surface area contributed by atoms with E-state index in [0.717, 1.165) is 16.4 Å². The molecule has 37 heavy (non-hydrogen) atoms. The largest absolute Gasteiger partial charge is 0.543 e. The predicted octanol–water partition coefficient (Wildman–Crippen LogP) is -2.35. The van der Waals surface area contributed by atoms with E-state index in [-0.39, 0.29) is 40.6 Å².